The van der Waals surface area contributed by atoms with E-state index in [2.05, 4.69) is 0 Å². The molecule has 7 heteroatoms. The molecule has 1 aliphatic heterocycles. The number of carbonyl (C=O) groups is 2. The molecule has 1 fully saturated rings. The summed E-state index contributed by atoms with van der Waals surface area (Å²) in [5.74, 6) is -1.33. The summed E-state index contributed by atoms with van der Waals surface area (Å²) >= 11 is 6.39. The van der Waals surface area contributed by atoms with Crippen molar-refractivity contribution in [2.24, 2.45) is 7.05 Å². The highest BCUT2D eigenvalue weighted by Gasteiger charge is 2.40. The van der Waals surface area contributed by atoms with Gasteiger partial charge in [0.05, 0.1) is 4.91 Å². The third-order valence-electron chi connectivity index (χ3n) is 3.51. The Hall–Kier alpha value is -1.60. The van der Waals surface area contributed by atoms with Gasteiger partial charge in [0.1, 0.15) is 10.4 Å². The van der Waals surface area contributed by atoms with Crippen LogP contribution in [-0.4, -0.2) is 36.8 Å². The molecular weight excluding hydrogens is 320 g/mol. The van der Waals surface area contributed by atoms with Gasteiger partial charge in [0.15, 0.2) is 0 Å². The largest absolute Gasteiger partial charge is 0.480 e. The van der Waals surface area contributed by atoms with Gasteiger partial charge in [0, 0.05) is 18.9 Å². The van der Waals surface area contributed by atoms with Crippen molar-refractivity contribution < 1.29 is 14.7 Å². The number of carbonyl (C=O) groups excluding carboxylic acids is 1. The fourth-order valence-electron chi connectivity index (χ4n) is 2.27. The van der Waals surface area contributed by atoms with Crippen molar-refractivity contribution in [2.75, 3.05) is 0 Å². The number of aromatic nitrogens is 1. The molecule has 1 aliphatic rings. The van der Waals surface area contributed by atoms with Crippen LogP contribution in [0.15, 0.2) is 23.2 Å². The zero-order valence-corrected chi connectivity index (χ0v) is 14.1. The molecular formula is C15H18N2O3S2. The molecule has 1 aromatic rings. The third-order valence-corrected chi connectivity index (χ3v) is 4.84. The molecule has 0 aromatic carbocycles. The highest BCUT2D eigenvalue weighted by atomic mass is 32.2. The minimum atomic E-state index is -1.01. The average Bonchev–Trinajstić information content (AvgIpc) is 2.97. The normalized spacial score (nSPS) is 18.3. The summed E-state index contributed by atoms with van der Waals surface area (Å²) in [5, 5.41) is 9.40. The summed E-state index contributed by atoms with van der Waals surface area (Å²) in [7, 11) is 1.88. The van der Waals surface area contributed by atoms with E-state index in [1.807, 2.05) is 36.9 Å². The van der Waals surface area contributed by atoms with E-state index in [0.717, 1.165) is 30.3 Å². The van der Waals surface area contributed by atoms with E-state index in [1.165, 1.54) is 4.90 Å². The number of thiocarbonyl (C=S) groups is 1. The predicted octanol–water partition coefficient (Wildman–Crippen LogP) is 2.87. The molecule has 0 bridgehead atoms. The average molecular weight is 338 g/mol. The Balaban J connectivity index is 2.26. The highest BCUT2D eigenvalue weighted by molar-refractivity contribution is 8.26. The van der Waals surface area contributed by atoms with E-state index < -0.39 is 12.0 Å². The molecule has 2 rings (SSSR count). The molecule has 0 radical (unpaired) electrons. The monoisotopic (exact) mass is 338 g/mol. The van der Waals surface area contributed by atoms with Gasteiger partial charge in [0.2, 0.25) is 0 Å². The Morgan fingerprint density at radius 2 is 2.27 bits per heavy atom. The number of hydrogen-bond acceptors (Lipinski definition) is 4. The van der Waals surface area contributed by atoms with E-state index in [-0.39, 0.29) is 5.91 Å². The first kappa shape index (κ1) is 16.8. The molecule has 1 saturated heterocycles. The van der Waals surface area contributed by atoms with Crippen molar-refractivity contribution in [1.82, 2.24) is 9.47 Å². The summed E-state index contributed by atoms with van der Waals surface area (Å²) in [4.78, 5) is 25.7. The van der Waals surface area contributed by atoms with Crippen LogP contribution in [0.25, 0.3) is 6.08 Å². The topological polar surface area (TPSA) is 62.5 Å². The van der Waals surface area contributed by atoms with Gasteiger partial charge in [-0.05, 0) is 24.6 Å². The van der Waals surface area contributed by atoms with E-state index in [9.17, 15) is 14.7 Å². The highest BCUT2D eigenvalue weighted by Crippen LogP contribution is 2.35. The summed E-state index contributed by atoms with van der Waals surface area (Å²) < 4.78 is 2.20. The van der Waals surface area contributed by atoms with Crippen molar-refractivity contribution in [2.45, 2.75) is 32.2 Å². The number of amides is 1. The number of unbranched alkanes of at least 4 members (excludes halogenated alkanes) is 1. The quantitative estimate of drug-likeness (QED) is 0.638. The Labute approximate surface area is 139 Å². The van der Waals surface area contributed by atoms with Crippen LogP contribution in [0.4, 0.5) is 0 Å². The Morgan fingerprint density at radius 3 is 2.82 bits per heavy atom. The smallest absolute Gasteiger partial charge is 0.326 e. The van der Waals surface area contributed by atoms with Crippen molar-refractivity contribution in [1.29, 1.82) is 0 Å². The zero-order valence-electron chi connectivity index (χ0n) is 12.5. The van der Waals surface area contributed by atoms with Gasteiger partial charge < -0.3 is 9.67 Å². The lowest BCUT2D eigenvalue weighted by Gasteiger charge is -2.22. The van der Waals surface area contributed by atoms with Gasteiger partial charge in [-0.2, -0.15) is 0 Å². The first-order chi connectivity index (χ1) is 10.5. The van der Waals surface area contributed by atoms with Gasteiger partial charge in [-0.1, -0.05) is 43.7 Å². The van der Waals surface area contributed by atoms with E-state index in [0.29, 0.717) is 15.6 Å². The molecule has 22 heavy (non-hydrogen) atoms. The van der Waals surface area contributed by atoms with Gasteiger partial charge >= 0.3 is 5.97 Å². The standard InChI is InChI=1S/C15H18N2O3S2/c1-3-4-7-11(14(19)20)17-13(18)12(22-15(17)21)9-10-6-5-8-16(10)2/h5-6,8-9,11H,3-4,7H2,1-2H3,(H,19,20)/b12-9+/t11-/m0/s1. The zero-order chi connectivity index (χ0) is 16.3. The fraction of sp³-hybridized carbons (Fsp3) is 0.400. The third kappa shape index (κ3) is 3.41. The number of thioether (sulfide) groups is 1. The van der Waals surface area contributed by atoms with Crippen LogP contribution in [0, 0.1) is 0 Å². The molecule has 1 atom stereocenters. The van der Waals surface area contributed by atoms with E-state index in [4.69, 9.17) is 12.2 Å². The van der Waals surface area contributed by atoms with Crippen molar-refractivity contribution >= 4 is 46.3 Å². The van der Waals surface area contributed by atoms with Crippen LogP contribution in [0.3, 0.4) is 0 Å². The van der Waals surface area contributed by atoms with Crippen molar-refractivity contribution in [3.8, 4) is 0 Å². The molecule has 118 valence electrons. The molecule has 0 saturated carbocycles. The van der Waals surface area contributed by atoms with E-state index in [1.54, 1.807) is 6.08 Å². The molecule has 5 nitrogen and oxygen atoms in total. The Bertz CT molecular complexity index is 636. The van der Waals surface area contributed by atoms with Gasteiger partial charge in [-0.3, -0.25) is 9.69 Å². The lowest BCUT2D eigenvalue weighted by atomic mass is 10.1. The maximum atomic E-state index is 12.5. The summed E-state index contributed by atoms with van der Waals surface area (Å²) in [5.41, 5.74) is 0.876. The summed E-state index contributed by atoms with van der Waals surface area (Å²) in [6.07, 6.45) is 5.66. The Kier molecular flexibility index (Phi) is 5.42. The van der Waals surface area contributed by atoms with Crippen LogP contribution in [0.1, 0.15) is 31.9 Å². The first-order valence-electron chi connectivity index (χ1n) is 7.07. The fourth-order valence-corrected chi connectivity index (χ4v) is 3.61. The number of nitrogens with zero attached hydrogens (tertiary/aromatic N) is 2. The molecule has 0 aliphatic carbocycles. The molecule has 0 unspecified atom stereocenters. The number of carboxylic acids is 1. The van der Waals surface area contributed by atoms with Gasteiger partial charge in [-0.15, -0.1) is 0 Å². The SMILES string of the molecule is CCCC[C@@H](C(=O)O)N1C(=O)/C(=C\c2cccn2C)SC1=S. The second-order valence-corrected chi connectivity index (χ2v) is 6.77. The molecule has 1 N–H and O–H groups in total. The minimum absolute atomic E-state index is 0.314. The first-order valence-corrected chi connectivity index (χ1v) is 8.29. The van der Waals surface area contributed by atoms with Crippen LogP contribution in [-0.2, 0) is 16.6 Å². The van der Waals surface area contributed by atoms with Crippen LogP contribution < -0.4 is 0 Å². The number of hydrogen-bond donors (Lipinski definition) is 1. The lowest BCUT2D eigenvalue weighted by Crippen LogP contribution is -2.43. The van der Waals surface area contributed by atoms with Crippen LogP contribution in [0.2, 0.25) is 0 Å². The van der Waals surface area contributed by atoms with Crippen molar-refractivity contribution in [3.05, 3.63) is 28.9 Å². The van der Waals surface area contributed by atoms with Crippen LogP contribution >= 0.6 is 24.0 Å². The second-order valence-electron chi connectivity index (χ2n) is 5.09. The summed E-state index contributed by atoms with van der Waals surface area (Å²) in [6, 6.07) is 2.89. The molecule has 1 amide bonds. The number of aryl methyl sites for hydroxylation is 1. The summed E-state index contributed by atoms with van der Waals surface area (Å²) in [6.45, 7) is 1.98. The number of aliphatic carboxylic acids is 1. The molecule has 2 heterocycles. The Morgan fingerprint density at radius 1 is 1.55 bits per heavy atom. The second kappa shape index (κ2) is 7.11. The minimum Gasteiger partial charge on any atom is -0.480 e. The number of rotatable bonds is 6. The van der Waals surface area contributed by atoms with Crippen molar-refractivity contribution in [3.63, 3.8) is 0 Å². The van der Waals surface area contributed by atoms with Gasteiger partial charge in [0.25, 0.3) is 5.91 Å². The lowest BCUT2D eigenvalue weighted by molar-refractivity contribution is -0.145. The van der Waals surface area contributed by atoms with Crippen LogP contribution in [0.5, 0.6) is 0 Å². The number of carboxylic acid groups (broad SMARTS) is 1. The predicted molar refractivity (Wildman–Crippen MR) is 91.4 cm³/mol. The maximum Gasteiger partial charge on any atom is 0.326 e. The van der Waals surface area contributed by atoms with E-state index >= 15 is 0 Å². The van der Waals surface area contributed by atoms with Gasteiger partial charge in [-0.25, -0.2) is 4.79 Å². The molecule has 1 aromatic heterocycles. The maximum absolute atomic E-state index is 12.5. The molecule has 0 spiro atoms.